The van der Waals surface area contributed by atoms with E-state index in [0.717, 1.165) is 18.3 Å². The molecule has 3 nitrogen and oxygen atoms in total. The van der Waals surface area contributed by atoms with Crippen LogP contribution >= 0.6 is 0 Å². The number of nitrogens with one attached hydrogen (secondary N) is 1. The van der Waals surface area contributed by atoms with Gasteiger partial charge in [-0.1, -0.05) is 12.1 Å². The second-order valence-electron chi connectivity index (χ2n) is 5.54. The number of nitrogens with zero attached hydrogens (tertiary/aromatic N) is 1. The van der Waals surface area contributed by atoms with Gasteiger partial charge in [-0.15, -0.1) is 0 Å². The van der Waals surface area contributed by atoms with E-state index in [-0.39, 0.29) is 0 Å². The molecule has 0 saturated heterocycles. The number of para-hydroxylation sites is 1. The van der Waals surface area contributed by atoms with E-state index < -0.39 is 0 Å². The number of benzene rings is 1. The molecule has 18 heavy (non-hydrogen) atoms. The molecule has 0 amide bonds. The second kappa shape index (κ2) is 4.32. The van der Waals surface area contributed by atoms with E-state index in [1.807, 2.05) is 12.1 Å². The van der Waals surface area contributed by atoms with Crippen molar-refractivity contribution in [2.45, 2.75) is 45.3 Å². The van der Waals surface area contributed by atoms with Crippen molar-refractivity contribution in [1.82, 2.24) is 9.88 Å². The lowest BCUT2D eigenvalue weighted by molar-refractivity contribution is 0.565. The first kappa shape index (κ1) is 11.6. The smallest absolute Gasteiger partial charge is 0.0718 e. The first-order chi connectivity index (χ1) is 8.66. The number of aromatic nitrogens is 1. The van der Waals surface area contributed by atoms with Crippen LogP contribution in [0.15, 0.2) is 24.3 Å². The highest BCUT2D eigenvalue weighted by Crippen LogP contribution is 2.29. The summed E-state index contributed by atoms with van der Waals surface area (Å²) in [5.41, 5.74) is 9.53. The normalized spacial score (nSPS) is 15.7. The molecule has 1 aromatic carbocycles. The van der Waals surface area contributed by atoms with Gasteiger partial charge >= 0.3 is 0 Å². The zero-order chi connectivity index (χ0) is 12.7. The third kappa shape index (κ3) is 1.99. The number of rotatable bonds is 4. The molecule has 1 aliphatic rings. The lowest BCUT2D eigenvalue weighted by Crippen LogP contribution is -2.18. The quantitative estimate of drug-likeness (QED) is 0.810. The average molecular weight is 243 g/mol. The van der Waals surface area contributed by atoms with Gasteiger partial charge in [0.25, 0.3) is 0 Å². The highest BCUT2D eigenvalue weighted by molar-refractivity contribution is 5.91. The van der Waals surface area contributed by atoms with E-state index in [0.29, 0.717) is 6.04 Å². The van der Waals surface area contributed by atoms with Crippen LogP contribution in [-0.4, -0.2) is 10.6 Å². The second-order valence-corrected chi connectivity index (χ2v) is 5.54. The van der Waals surface area contributed by atoms with Crippen LogP contribution in [0.2, 0.25) is 0 Å². The van der Waals surface area contributed by atoms with Crippen molar-refractivity contribution >= 4 is 16.6 Å². The molecular formula is C15H21N3. The van der Waals surface area contributed by atoms with E-state index >= 15 is 0 Å². The van der Waals surface area contributed by atoms with E-state index in [1.54, 1.807) is 0 Å². The molecule has 1 heterocycles. The highest BCUT2D eigenvalue weighted by atomic mass is 15.1. The molecule has 3 N–H and O–H groups in total. The van der Waals surface area contributed by atoms with Crippen molar-refractivity contribution in [1.29, 1.82) is 0 Å². The molecule has 1 saturated carbocycles. The lowest BCUT2D eigenvalue weighted by atomic mass is 10.2. The van der Waals surface area contributed by atoms with Crippen LogP contribution in [0.3, 0.4) is 0 Å². The maximum absolute atomic E-state index is 6.14. The van der Waals surface area contributed by atoms with Crippen molar-refractivity contribution in [3.8, 4) is 0 Å². The molecule has 96 valence electrons. The summed E-state index contributed by atoms with van der Waals surface area (Å²) in [6.07, 6.45) is 2.65. The van der Waals surface area contributed by atoms with Gasteiger partial charge in [0.05, 0.1) is 11.2 Å². The number of fused-ring (bicyclic) bond motifs is 1. The van der Waals surface area contributed by atoms with E-state index in [1.165, 1.54) is 29.4 Å². The largest absolute Gasteiger partial charge is 0.397 e. The molecule has 0 bridgehead atoms. The van der Waals surface area contributed by atoms with Crippen molar-refractivity contribution in [2.24, 2.45) is 0 Å². The Morgan fingerprint density at radius 3 is 2.83 bits per heavy atom. The Morgan fingerprint density at radius 1 is 1.39 bits per heavy atom. The summed E-state index contributed by atoms with van der Waals surface area (Å²) < 4.78 is 2.36. The van der Waals surface area contributed by atoms with E-state index in [2.05, 4.69) is 35.9 Å². The topological polar surface area (TPSA) is 43.0 Å². The molecule has 3 heteroatoms. The average Bonchev–Trinajstić information content (AvgIpc) is 3.06. The predicted molar refractivity (Wildman–Crippen MR) is 76.6 cm³/mol. The van der Waals surface area contributed by atoms with Crippen LogP contribution in [-0.2, 0) is 6.54 Å². The van der Waals surface area contributed by atoms with E-state index in [9.17, 15) is 0 Å². The number of hydrogen-bond acceptors (Lipinski definition) is 2. The third-order valence-corrected chi connectivity index (χ3v) is 3.64. The molecule has 0 spiro atoms. The molecule has 1 aromatic heterocycles. The maximum atomic E-state index is 6.14. The van der Waals surface area contributed by atoms with Crippen LogP contribution in [0.5, 0.6) is 0 Å². The minimum atomic E-state index is 0.434. The van der Waals surface area contributed by atoms with Gasteiger partial charge in [0.1, 0.15) is 0 Å². The van der Waals surface area contributed by atoms with Gasteiger partial charge in [-0.2, -0.15) is 0 Å². The van der Waals surface area contributed by atoms with Crippen molar-refractivity contribution < 1.29 is 0 Å². The van der Waals surface area contributed by atoms with Crippen LogP contribution in [0.25, 0.3) is 10.9 Å². The van der Waals surface area contributed by atoms with Gasteiger partial charge in [0.15, 0.2) is 0 Å². The standard InChI is InChI=1S/C15H21N3/c1-10(2)18-13(9-17-12-6-7-12)8-11-4-3-5-14(16)15(11)18/h3-5,8,10,12,17H,6-7,9,16H2,1-2H3. The first-order valence-electron chi connectivity index (χ1n) is 6.78. The molecule has 0 unspecified atom stereocenters. The Labute approximate surface area is 108 Å². The minimum absolute atomic E-state index is 0.434. The highest BCUT2D eigenvalue weighted by Gasteiger charge is 2.21. The molecule has 1 aliphatic carbocycles. The summed E-state index contributed by atoms with van der Waals surface area (Å²) in [6, 6.07) is 9.59. The van der Waals surface area contributed by atoms with Crippen LogP contribution in [0, 0.1) is 0 Å². The van der Waals surface area contributed by atoms with E-state index in [4.69, 9.17) is 5.73 Å². The van der Waals surface area contributed by atoms with Crippen molar-refractivity contribution in [3.05, 3.63) is 30.0 Å². The summed E-state index contributed by atoms with van der Waals surface area (Å²) in [5, 5.41) is 4.83. The molecule has 1 fully saturated rings. The van der Waals surface area contributed by atoms with Gasteiger partial charge < -0.3 is 15.6 Å². The van der Waals surface area contributed by atoms with Crippen LogP contribution in [0.4, 0.5) is 5.69 Å². The van der Waals surface area contributed by atoms with Crippen molar-refractivity contribution in [3.63, 3.8) is 0 Å². The Hall–Kier alpha value is -1.48. The zero-order valence-corrected chi connectivity index (χ0v) is 11.1. The summed E-state index contributed by atoms with van der Waals surface area (Å²) in [4.78, 5) is 0. The number of nitrogens with two attached hydrogens (primary N) is 1. The molecule has 3 rings (SSSR count). The zero-order valence-electron chi connectivity index (χ0n) is 11.1. The number of hydrogen-bond donors (Lipinski definition) is 2. The van der Waals surface area contributed by atoms with Crippen LogP contribution in [0.1, 0.15) is 38.4 Å². The van der Waals surface area contributed by atoms with Crippen molar-refractivity contribution in [2.75, 3.05) is 5.73 Å². The first-order valence-corrected chi connectivity index (χ1v) is 6.78. The lowest BCUT2D eigenvalue weighted by Gasteiger charge is -2.16. The van der Waals surface area contributed by atoms with Gasteiger partial charge in [0.2, 0.25) is 0 Å². The SMILES string of the molecule is CC(C)n1c(CNC2CC2)cc2cccc(N)c21. The minimum Gasteiger partial charge on any atom is -0.397 e. The summed E-state index contributed by atoms with van der Waals surface area (Å²) in [7, 11) is 0. The van der Waals surface area contributed by atoms with Gasteiger partial charge in [-0.05, 0) is 38.8 Å². The Balaban J connectivity index is 2.05. The fourth-order valence-electron chi connectivity index (χ4n) is 2.63. The molecule has 0 atom stereocenters. The van der Waals surface area contributed by atoms with Crippen LogP contribution < -0.4 is 11.1 Å². The summed E-state index contributed by atoms with van der Waals surface area (Å²) in [5.74, 6) is 0. The molecular weight excluding hydrogens is 222 g/mol. The number of nitrogen functional groups attached to an aromatic ring is 1. The third-order valence-electron chi connectivity index (χ3n) is 3.64. The molecule has 0 aliphatic heterocycles. The Morgan fingerprint density at radius 2 is 2.17 bits per heavy atom. The predicted octanol–water partition coefficient (Wildman–Crippen LogP) is 3.06. The summed E-state index contributed by atoms with van der Waals surface area (Å²) >= 11 is 0. The van der Waals surface area contributed by atoms with Gasteiger partial charge in [0, 0.05) is 29.7 Å². The van der Waals surface area contributed by atoms with Gasteiger partial charge in [-0.25, -0.2) is 0 Å². The fourth-order valence-corrected chi connectivity index (χ4v) is 2.63. The maximum Gasteiger partial charge on any atom is 0.0718 e. The summed E-state index contributed by atoms with van der Waals surface area (Å²) in [6.45, 7) is 5.37. The number of anilines is 1. The fraction of sp³-hybridized carbons (Fsp3) is 0.467. The molecule has 0 radical (unpaired) electrons. The Kier molecular flexibility index (Phi) is 2.78. The van der Waals surface area contributed by atoms with Gasteiger partial charge in [-0.3, -0.25) is 0 Å². The molecule has 2 aromatic rings. The Bertz CT molecular complexity index is 564. The monoisotopic (exact) mass is 243 g/mol.